The lowest BCUT2D eigenvalue weighted by atomic mass is 9.90. The van der Waals surface area contributed by atoms with Crippen molar-refractivity contribution in [3.8, 4) is 0 Å². The zero-order chi connectivity index (χ0) is 10.0. The van der Waals surface area contributed by atoms with E-state index in [1.165, 1.54) is 19.4 Å². The van der Waals surface area contributed by atoms with Crippen molar-refractivity contribution < 1.29 is 0 Å². The van der Waals surface area contributed by atoms with Crippen LogP contribution in [-0.4, -0.2) is 29.6 Å². The molecular formula is C11H24N2. The highest BCUT2D eigenvalue weighted by molar-refractivity contribution is 4.85. The quantitative estimate of drug-likeness (QED) is 0.709. The highest BCUT2D eigenvalue weighted by Crippen LogP contribution is 2.25. The Balaban J connectivity index is 2.57. The van der Waals surface area contributed by atoms with Crippen LogP contribution < -0.4 is 5.73 Å². The number of hydrogen-bond donors (Lipinski definition) is 1. The van der Waals surface area contributed by atoms with Gasteiger partial charge in [-0.3, -0.25) is 4.90 Å². The maximum absolute atomic E-state index is 5.93. The lowest BCUT2D eigenvalue weighted by Gasteiger charge is -2.43. The van der Waals surface area contributed by atoms with Crippen molar-refractivity contribution in [1.82, 2.24) is 4.90 Å². The molecule has 2 N–H and O–H groups in total. The second-order valence-corrected chi connectivity index (χ2v) is 4.70. The molecule has 1 saturated heterocycles. The molecule has 2 nitrogen and oxygen atoms in total. The topological polar surface area (TPSA) is 29.3 Å². The molecule has 1 fully saturated rings. The van der Waals surface area contributed by atoms with Crippen molar-refractivity contribution in [3.05, 3.63) is 0 Å². The molecule has 1 rings (SSSR count). The number of nitrogens with zero attached hydrogens (tertiary/aromatic N) is 1. The molecule has 78 valence electrons. The van der Waals surface area contributed by atoms with Gasteiger partial charge in [-0.05, 0) is 46.1 Å². The van der Waals surface area contributed by atoms with Crippen LogP contribution in [0.3, 0.4) is 0 Å². The predicted molar refractivity (Wildman–Crippen MR) is 57.7 cm³/mol. The van der Waals surface area contributed by atoms with E-state index in [0.29, 0.717) is 12.1 Å². The molecule has 0 aromatic heterocycles. The van der Waals surface area contributed by atoms with E-state index in [4.69, 9.17) is 5.73 Å². The maximum Gasteiger partial charge on any atom is 0.0219 e. The molecule has 0 spiro atoms. The van der Waals surface area contributed by atoms with E-state index < -0.39 is 0 Å². The summed E-state index contributed by atoms with van der Waals surface area (Å²) >= 11 is 0. The van der Waals surface area contributed by atoms with Gasteiger partial charge in [-0.25, -0.2) is 0 Å². The lowest BCUT2D eigenvalue weighted by molar-refractivity contribution is 0.0667. The molecule has 0 aliphatic carbocycles. The summed E-state index contributed by atoms with van der Waals surface area (Å²) in [7, 11) is 0. The van der Waals surface area contributed by atoms with Crippen LogP contribution >= 0.6 is 0 Å². The van der Waals surface area contributed by atoms with Gasteiger partial charge in [0.1, 0.15) is 0 Å². The van der Waals surface area contributed by atoms with Crippen LogP contribution in [0.25, 0.3) is 0 Å². The first-order valence-corrected chi connectivity index (χ1v) is 5.55. The van der Waals surface area contributed by atoms with Gasteiger partial charge < -0.3 is 5.73 Å². The van der Waals surface area contributed by atoms with Crippen LogP contribution in [-0.2, 0) is 0 Å². The summed E-state index contributed by atoms with van der Waals surface area (Å²) in [6.45, 7) is 10.3. The van der Waals surface area contributed by atoms with Crippen LogP contribution in [0.4, 0.5) is 0 Å². The van der Waals surface area contributed by atoms with Gasteiger partial charge in [0.2, 0.25) is 0 Å². The second kappa shape index (κ2) is 4.43. The third kappa shape index (κ3) is 2.44. The Kier molecular flexibility index (Phi) is 3.74. The summed E-state index contributed by atoms with van der Waals surface area (Å²) in [6, 6.07) is 1.51. The number of hydrogen-bond acceptors (Lipinski definition) is 2. The number of piperidine rings is 1. The molecule has 2 heteroatoms. The second-order valence-electron chi connectivity index (χ2n) is 4.70. The summed E-state index contributed by atoms with van der Waals surface area (Å²) in [4.78, 5) is 2.57. The van der Waals surface area contributed by atoms with E-state index in [1.807, 2.05) is 0 Å². The molecule has 0 aromatic rings. The molecule has 0 radical (unpaired) electrons. The molecule has 1 aliphatic heterocycles. The molecule has 0 saturated carbocycles. The fourth-order valence-corrected chi connectivity index (χ4v) is 2.24. The summed E-state index contributed by atoms with van der Waals surface area (Å²) in [6.07, 6.45) is 2.71. The summed E-state index contributed by atoms with van der Waals surface area (Å²) in [5.74, 6) is 0.829. The average Bonchev–Trinajstić information content (AvgIpc) is 2.08. The molecule has 0 bridgehead atoms. The standard InChI is InChI=1S/C11H24N2/c1-8-6-5-7-13(10(8)3)11(4)9(2)12/h8-11H,5-7,12H2,1-4H3. The van der Waals surface area contributed by atoms with Gasteiger partial charge in [0.15, 0.2) is 0 Å². The maximum atomic E-state index is 5.93. The zero-order valence-corrected chi connectivity index (χ0v) is 9.46. The van der Waals surface area contributed by atoms with Crippen LogP contribution in [0.1, 0.15) is 40.5 Å². The molecule has 1 aliphatic rings. The fraction of sp³-hybridized carbons (Fsp3) is 1.00. The molecule has 0 amide bonds. The SMILES string of the molecule is CC(N)C(C)N1CCCC(C)C1C. The minimum atomic E-state index is 0.285. The van der Waals surface area contributed by atoms with Crippen LogP contribution in [0.15, 0.2) is 0 Å². The van der Waals surface area contributed by atoms with Gasteiger partial charge in [0.05, 0.1) is 0 Å². The minimum absolute atomic E-state index is 0.285. The molecular weight excluding hydrogens is 160 g/mol. The first-order chi connectivity index (χ1) is 6.04. The molecule has 4 atom stereocenters. The van der Waals surface area contributed by atoms with Gasteiger partial charge in [0.25, 0.3) is 0 Å². The van der Waals surface area contributed by atoms with E-state index in [1.54, 1.807) is 0 Å². The monoisotopic (exact) mass is 184 g/mol. The molecule has 0 aromatic carbocycles. The van der Waals surface area contributed by atoms with Crippen molar-refractivity contribution in [3.63, 3.8) is 0 Å². The summed E-state index contributed by atoms with van der Waals surface area (Å²) in [5.41, 5.74) is 5.93. The zero-order valence-electron chi connectivity index (χ0n) is 9.46. The van der Waals surface area contributed by atoms with Gasteiger partial charge >= 0.3 is 0 Å². The highest BCUT2D eigenvalue weighted by atomic mass is 15.2. The van der Waals surface area contributed by atoms with Crippen LogP contribution in [0, 0.1) is 5.92 Å². The fourth-order valence-electron chi connectivity index (χ4n) is 2.24. The van der Waals surface area contributed by atoms with Crippen molar-refractivity contribution in [2.45, 2.75) is 58.7 Å². The van der Waals surface area contributed by atoms with Gasteiger partial charge in [-0.1, -0.05) is 6.92 Å². The normalized spacial score (nSPS) is 35.8. The van der Waals surface area contributed by atoms with Gasteiger partial charge in [-0.2, -0.15) is 0 Å². The predicted octanol–water partition coefficient (Wildman–Crippen LogP) is 1.84. The minimum Gasteiger partial charge on any atom is -0.327 e. The first-order valence-electron chi connectivity index (χ1n) is 5.55. The Morgan fingerprint density at radius 3 is 2.46 bits per heavy atom. The van der Waals surface area contributed by atoms with Crippen LogP contribution in [0.2, 0.25) is 0 Å². The summed E-state index contributed by atoms with van der Waals surface area (Å²) in [5, 5.41) is 0. The lowest BCUT2D eigenvalue weighted by Crippen LogP contribution is -2.52. The van der Waals surface area contributed by atoms with Crippen molar-refractivity contribution in [2.75, 3.05) is 6.54 Å². The first kappa shape index (κ1) is 11.0. The highest BCUT2D eigenvalue weighted by Gasteiger charge is 2.29. The van der Waals surface area contributed by atoms with Gasteiger partial charge in [0, 0.05) is 18.1 Å². The van der Waals surface area contributed by atoms with Gasteiger partial charge in [-0.15, -0.1) is 0 Å². The van der Waals surface area contributed by atoms with E-state index in [2.05, 4.69) is 32.6 Å². The smallest absolute Gasteiger partial charge is 0.0219 e. The van der Waals surface area contributed by atoms with E-state index in [9.17, 15) is 0 Å². The Hall–Kier alpha value is -0.0800. The van der Waals surface area contributed by atoms with E-state index in [-0.39, 0.29) is 6.04 Å². The van der Waals surface area contributed by atoms with E-state index in [0.717, 1.165) is 5.92 Å². The third-order valence-electron chi connectivity index (χ3n) is 3.71. The Morgan fingerprint density at radius 2 is 1.92 bits per heavy atom. The van der Waals surface area contributed by atoms with Crippen molar-refractivity contribution in [1.29, 1.82) is 0 Å². The third-order valence-corrected chi connectivity index (χ3v) is 3.71. The largest absolute Gasteiger partial charge is 0.327 e. The average molecular weight is 184 g/mol. The molecule has 1 heterocycles. The van der Waals surface area contributed by atoms with Crippen molar-refractivity contribution in [2.24, 2.45) is 11.7 Å². The molecule has 4 unspecified atom stereocenters. The Bertz CT molecular complexity index is 152. The summed E-state index contributed by atoms with van der Waals surface area (Å²) < 4.78 is 0. The number of likely N-dealkylation sites (tertiary alicyclic amines) is 1. The Morgan fingerprint density at radius 1 is 1.31 bits per heavy atom. The Labute approximate surface area is 82.5 Å². The number of rotatable bonds is 2. The molecule has 13 heavy (non-hydrogen) atoms. The van der Waals surface area contributed by atoms with E-state index >= 15 is 0 Å². The number of nitrogens with two attached hydrogens (primary N) is 1. The van der Waals surface area contributed by atoms with Crippen molar-refractivity contribution >= 4 is 0 Å². The van der Waals surface area contributed by atoms with Crippen LogP contribution in [0.5, 0.6) is 0 Å².